The van der Waals surface area contributed by atoms with Gasteiger partial charge in [-0.15, -0.1) is 0 Å². The molecule has 1 aliphatic heterocycles. The third-order valence-electron chi connectivity index (χ3n) is 9.47. The Hall–Kier alpha value is -4.00. The van der Waals surface area contributed by atoms with E-state index in [0.29, 0.717) is 29.7 Å². The van der Waals surface area contributed by atoms with E-state index in [0.717, 1.165) is 11.1 Å². The lowest BCUT2D eigenvalue weighted by molar-refractivity contribution is -0.142. The highest BCUT2D eigenvalue weighted by molar-refractivity contribution is 6.13. The van der Waals surface area contributed by atoms with Gasteiger partial charge in [-0.1, -0.05) is 55.0 Å². The lowest BCUT2D eigenvalue weighted by Crippen LogP contribution is -2.54. The van der Waals surface area contributed by atoms with Gasteiger partial charge in [0.05, 0.1) is 30.9 Å². The predicted molar refractivity (Wildman–Crippen MR) is 143 cm³/mol. The van der Waals surface area contributed by atoms with Crippen molar-refractivity contribution in [1.29, 1.82) is 0 Å². The van der Waals surface area contributed by atoms with Gasteiger partial charge in [0.2, 0.25) is 11.8 Å². The Morgan fingerprint density at radius 1 is 1.00 bits per heavy atom. The normalized spacial score (nSPS) is 31.8. The van der Waals surface area contributed by atoms with Crippen molar-refractivity contribution in [1.82, 2.24) is 4.90 Å². The van der Waals surface area contributed by atoms with Crippen LogP contribution in [-0.4, -0.2) is 40.5 Å². The Kier molecular flexibility index (Phi) is 5.86. The van der Waals surface area contributed by atoms with Crippen molar-refractivity contribution in [3.05, 3.63) is 83.0 Å². The number of amides is 2. The highest BCUT2D eigenvalue weighted by Crippen LogP contribution is 2.64. The molecule has 7 heteroatoms. The molecule has 1 saturated carbocycles. The summed E-state index contributed by atoms with van der Waals surface area (Å²) in [6, 6.07) is 14.4. The van der Waals surface area contributed by atoms with E-state index in [1.807, 2.05) is 36.4 Å². The van der Waals surface area contributed by atoms with Gasteiger partial charge in [-0.3, -0.25) is 24.1 Å². The molecule has 0 radical (unpaired) electrons. The van der Waals surface area contributed by atoms with Gasteiger partial charge in [-0.25, -0.2) is 0 Å². The molecule has 200 valence electrons. The fourth-order valence-electron chi connectivity index (χ4n) is 7.69. The maximum Gasteiger partial charge on any atom is 0.234 e. The third-order valence-corrected chi connectivity index (χ3v) is 9.47. The zero-order valence-electron chi connectivity index (χ0n) is 22.2. The number of rotatable bonds is 4. The van der Waals surface area contributed by atoms with Gasteiger partial charge < -0.3 is 9.84 Å². The van der Waals surface area contributed by atoms with Gasteiger partial charge in [-0.2, -0.15) is 0 Å². The van der Waals surface area contributed by atoms with Crippen molar-refractivity contribution in [2.24, 2.45) is 29.1 Å². The number of fused-ring (bicyclic) bond motifs is 4. The molecule has 2 amide bonds. The molecular weight excluding hydrogens is 494 g/mol. The number of likely N-dealkylation sites (tertiary alicyclic amines) is 1. The van der Waals surface area contributed by atoms with Crippen LogP contribution in [0.15, 0.2) is 71.8 Å². The van der Waals surface area contributed by atoms with Gasteiger partial charge in [0.1, 0.15) is 11.5 Å². The number of hydrogen-bond donors (Lipinski definition) is 1. The fourth-order valence-corrected chi connectivity index (χ4v) is 7.69. The Bertz CT molecular complexity index is 1470. The number of ether oxygens (including phenoxy) is 1. The second-order valence-electron chi connectivity index (χ2n) is 11.4. The van der Waals surface area contributed by atoms with Crippen molar-refractivity contribution in [2.45, 2.75) is 39.2 Å². The number of Topliss-reactive ketones (excluding diaryl/α,β-unsaturated/α-hetero) is 1. The maximum absolute atomic E-state index is 13.9. The minimum Gasteiger partial charge on any atom is -0.508 e. The molecular formula is C32H31NO6. The zero-order valence-corrected chi connectivity index (χ0v) is 22.2. The van der Waals surface area contributed by atoms with Crippen molar-refractivity contribution in [2.75, 3.05) is 7.11 Å². The first-order chi connectivity index (χ1) is 18.7. The van der Waals surface area contributed by atoms with Crippen LogP contribution >= 0.6 is 0 Å². The Morgan fingerprint density at radius 2 is 1.74 bits per heavy atom. The summed E-state index contributed by atoms with van der Waals surface area (Å²) in [6.45, 7) is 3.65. The quantitative estimate of drug-likeness (QED) is 0.470. The smallest absolute Gasteiger partial charge is 0.234 e. The number of phenolic OH excluding ortho intramolecular Hbond substituents is 1. The number of imide groups is 1. The fraction of sp³-hybridized carbons (Fsp3) is 0.375. The van der Waals surface area contributed by atoms with E-state index in [9.17, 15) is 24.3 Å². The number of ketones is 2. The number of phenols is 1. The summed E-state index contributed by atoms with van der Waals surface area (Å²) in [5.41, 5.74) is 1.34. The van der Waals surface area contributed by atoms with Gasteiger partial charge in [0.25, 0.3) is 0 Å². The van der Waals surface area contributed by atoms with E-state index in [4.69, 9.17) is 4.74 Å². The molecule has 6 atom stereocenters. The Morgan fingerprint density at radius 3 is 2.46 bits per heavy atom. The highest BCUT2D eigenvalue weighted by Gasteiger charge is 2.64. The Labute approximate surface area is 227 Å². The van der Waals surface area contributed by atoms with E-state index < -0.39 is 35.0 Å². The molecule has 39 heavy (non-hydrogen) atoms. The number of allylic oxidation sites excluding steroid dienone is 4. The average molecular weight is 526 g/mol. The van der Waals surface area contributed by atoms with Crippen LogP contribution in [0.2, 0.25) is 0 Å². The number of carbonyl (C=O) groups is 4. The number of carbonyl (C=O) groups excluding carboxylic acids is 4. The molecule has 0 bridgehead atoms. The van der Waals surface area contributed by atoms with E-state index in [2.05, 4.69) is 0 Å². The molecule has 2 aromatic rings. The zero-order chi connectivity index (χ0) is 27.6. The molecule has 1 heterocycles. The summed E-state index contributed by atoms with van der Waals surface area (Å²) in [4.78, 5) is 56.2. The van der Waals surface area contributed by atoms with Crippen LogP contribution in [-0.2, 0) is 25.7 Å². The van der Waals surface area contributed by atoms with Crippen LogP contribution in [0.25, 0.3) is 0 Å². The lowest BCUT2D eigenvalue weighted by atomic mass is 9.47. The largest absolute Gasteiger partial charge is 0.508 e. The first kappa shape index (κ1) is 25.3. The van der Waals surface area contributed by atoms with Crippen molar-refractivity contribution in [3.8, 4) is 11.5 Å². The molecule has 0 unspecified atom stereocenters. The second kappa shape index (κ2) is 9.04. The van der Waals surface area contributed by atoms with Crippen molar-refractivity contribution in [3.63, 3.8) is 0 Å². The van der Waals surface area contributed by atoms with Crippen molar-refractivity contribution >= 4 is 23.4 Å². The summed E-state index contributed by atoms with van der Waals surface area (Å²) in [5, 5.41) is 11.1. The second-order valence-corrected chi connectivity index (χ2v) is 11.4. The minimum absolute atomic E-state index is 0.0324. The van der Waals surface area contributed by atoms with E-state index >= 15 is 0 Å². The molecule has 2 fully saturated rings. The topological polar surface area (TPSA) is 101 Å². The minimum atomic E-state index is -1.17. The summed E-state index contributed by atoms with van der Waals surface area (Å²) in [5.74, 6) is -3.32. The monoisotopic (exact) mass is 525 g/mol. The number of hydrogen-bond acceptors (Lipinski definition) is 6. The van der Waals surface area contributed by atoms with Crippen LogP contribution in [0, 0.1) is 29.1 Å². The summed E-state index contributed by atoms with van der Waals surface area (Å²) in [7, 11) is 1.50. The van der Waals surface area contributed by atoms with E-state index in [1.54, 1.807) is 32.0 Å². The number of aromatic hydroxyl groups is 1. The third kappa shape index (κ3) is 3.55. The van der Waals surface area contributed by atoms with Gasteiger partial charge in [0, 0.05) is 17.4 Å². The molecule has 1 N–H and O–H groups in total. The molecule has 1 saturated heterocycles. The lowest BCUT2D eigenvalue weighted by Gasteiger charge is -2.53. The molecule has 2 aromatic carbocycles. The highest BCUT2D eigenvalue weighted by atomic mass is 16.5. The number of nitrogens with zero attached hydrogens (tertiary/aromatic N) is 1. The number of benzene rings is 2. The van der Waals surface area contributed by atoms with Crippen LogP contribution in [0.5, 0.6) is 11.5 Å². The maximum atomic E-state index is 13.9. The molecule has 6 rings (SSSR count). The van der Waals surface area contributed by atoms with Crippen LogP contribution in [0.4, 0.5) is 0 Å². The SMILES string of the molecule is COc1cccc(O)c1[C@H]1C2=CC[C@@H]3C(=O)N(Cc4ccccc4)C(=O)[C@@H]3[C@@H]2C[C@H]2C(=O)C=C(C)C(=O)[C@@]12C. The first-order valence-electron chi connectivity index (χ1n) is 13.4. The van der Waals surface area contributed by atoms with Gasteiger partial charge >= 0.3 is 0 Å². The summed E-state index contributed by atoms with van der Waals surface area (Å²) in [6.07, 6.45) is 4.04. The molecule has 4 aliphatic rings. The van der Waals surface area contributed by atoms with Crippen LogP contribution in [0.1, 0.15) is 43.7 Å². The van der Waals surface area contributed by atoms with E-state index in [1.165, 1.54) is 18.1 Å². The molecule has 3 aliphatic carbocycles. The van der Waals surface area contributed by atoms with Crippen molar-refractivity contribution < 1.29 is 29.0 Å². The van der Waals surface area contributed by atoms with Crippen LogP contribution in [0.3, 0.4) is 0 Å². The standard InChI is InChI=1S/C32H31NO6/c1-17-14-24(35)22-15-21-19(28(32(22,2)29(17)36)27-23(34)10-7-11-25(27)39-3)12-13-20-26(21)31(38)33(30(20)37)16-18-8-5-4-6-9-18/h4-12,14,20-22,26,28,34H,13,15-16H2,1-3H3/t20-,21+,22-,26-,28+,32+/m0/s1. The molecule has 0 aromatic heterocycles. The summed E-state index contributed by atoms with van der Waals surface area (Å²) >= 11 is 0. The first-order valence-corrected chi connectivity index (χ1v) is 13.4. The van der Waals surface area contributed by atoms with Crippen LogP contribution < -0.4 is 4.74 Å². The summed E-state index contributed by atoms with van der Waals surface area (Å²) < 4.78 is 5.65. The average Bonchev–Trinajstić information content (AvgIpc) is 3.17. The van der Waals surface area contributed by atoms with Gasteiger partial charge in [0.15, 0.2) is 11.6 Å². The molecule has 0 spiro atoms. The van der Waals surface area contributed by atoms with E-state index in [-0.39, 0.29) is 35.7 Å². The molecule has 7 nitrogen and oxygen atoms in total. The predicted octanol–water partition coefficient (Wildman–Crippen LogP) is 4.36. The van der Waals surface area contributed by atoms with Gasteiger partial charge in [-0.05, 0) is 55.0 Å². The Balaban J connectivity index is 1.49. The number of methoxy groups -OCH3 is 1.